The van der Waals surface area contributed by atoms with E-state index in [1.165, 1.54) is 11.8 Å². The zero-order chi connectivity index (χ0) is 14.4. The molecule has 3 aliphatic rings. The summed E-state index contributed by atoms with van der Waals surface area (Å²) in [7, 11) is 0. The number of hydrogen-bond donors (Lipinski definition) is 1. The van der Waals surface area contributed by atoms with Crippen molar-refractivity contribution in [3.8, 4) is 0 Å². The van der Waals surface area contributed by atoms with Crippen LogP contribution in [0.4, 0.5) is 0 Å². The first kappa shape index (κ1) is 13.7. The number of nitrogens with zero attached hydrogens (tertiary/aromatic N) is 1. The van der Waals surface area contributed by atoms with Crippen LogP contribution in [-0.4, -0.2) is 45.8 Å². The molecule has 2 fully saturated rings. The molecule has 1 saturated carbocycles. The Hall–Kier alpha value is -1.30. The normalized spacial score (nSPS) is 35.8. The lowest BCUT2D eigenvalue weighted by Crippen LogP contribution is -2.46. The van der Waals surface area contributed by atoms with Crippen molar-refractivity contribution < 1.29 is 19.5 Å². The summed E-state index contributed by atoms with van der Waals surface area (Å²) in [6.45, 7) is 0. The average Bonchev–Trinajstić information content (AvgIpc) is 3.07. The standard InChI is InChI=1S/C14H17NO4S/c1-20-5-4-9(14(18)19)15-12(16)10-7-2-3-8(6-7)11(10)13(15)17/h2-3,7-11H,4-6H2,1H3,(H,18,19)/t7-,8-,9+,10-,11+/m0/s1. The molecule has 3 rings (SSSR count). The zero-order valence-electron chi connectivity index (χ0n) is 11.2. The molecule has 2 bridgehead atoms. The summed E-state index contributed by atoms with van der Waals surface area (Å²) in [4.78, 5) is 37.4. The minimum atomic E-state index is -1.08. The summed E-state index contributed by atoms with van der Waals surface area (Å²) in [5.74, 6) is -1.38. The van der Waals surface area contributed by atoms with Crippen LogP contribution in [0.2, 0.25) is 0 Å². The van der Waals surface area contributed by atoms with Gasteiger partial charge in [0, 0.05) is 0 Å². The van der Waals surface area contributed by atoms with Crippen LogP contribution in [0.3, 0.4) is 0 Å². The molecular formula is C14H17NO4S. The minimum absolute atomic E-state index is 0.126. The SMILES string of the molecule is CSCC[C@H](C(=O)O)N1C(=O)[C@@H]2[C@H](C1=O)[C@H]1C=C[C@H]2C1. The number of carboxylic acids is 1. The van der Waals surface area contributed by atoms with E-state index >= 15 is 0 Å². The summed E-state index contributed by atoms with van der Waals surface area (Å²) in [6.07, 6.45) is 7.08. The molecule has 2 aliphatic carbocycles. The van der Waals surface area contributed by atoms with E-state index in [9.17, 15) is 19.5 Å². The molecule has 0 unspecified atom stereocenters. The Morgan fingerprint density at radius 3 is 2.35 bits per heavy atom. The molecule has 0 radical (unpaired) electrons. The minimum Gasteiger partial charge on any atom is -0.480 e. The smallest absolute Gasteiger partial charge is 0.326 e. The Bertz CT molecular complexity index is 473. The van der Waals surface area contributed by atoms with Crippen molar-refractivity contribution in [1.82, 2.24) is 4.90 Å². The topological polar surface area (TPSA) is 74.7 Å². The first-order chi connectivity index (χ1) is 9.56. The molecule has 20 heavy (non-hydrogen) atoms. The zero-order valence-corrected chi connectivity index (χ0v) is 12.0. The number of carbonyl (C=O) groups excluding carboxylic acids is 2. The number of carbonyl (C=O) groups is 3. The highest BCUT2D eigenvalue weighted by Crippen LogP contribution is 2.52. The largest absolute Gasteiger partial charge is 0.480 e. The Labute approximate surface area is 121 Å². The third kappa shape index (κ3) is 1.81. The van der Waals surface area contributed by atoms with E-state index in [-0.39, 0.29) is 35.5 Å². The van der Waals surface area contributed by atoms with Gasteiger partial charge in [-0.15, -0.1) is 0 Å². The molecule has 6 heteroatoms. The molecule has 108 valence electrons. The summed E-state index contributed by atoms with van der Waals surface area (Å²) >= 11 is 1.52. The van der Waals surface area contributed by atoms with Gasteiger partial charge >= 0.3 is 5.97 Å². The number of thioether (sulfide) groups is 1. The van der Waals surface area contributed by atoms with E-state index in [4.69, 9.17) is 0 Å². The fourth-order valence-corrected chi connectivity index (χ4v) is 4.28. The average molecular weight is 295 g/mol. The number of hydrogen-bond acceptors (Lipinski definition) is 4. The maximum Gasteiger partial charge on any atom is 0.326 e. The van der Waals surface area contributed by atoms with Gasteiger partial charge in [-0.1, -0.05) is 12.2 Å². The Balaban J connectivity index is 1.86. The van der Waals surface area contributed by atoms with Crippen molar-refractivity contribution in [2.45, 2.75) is 18.9 Å². The number of aliphatic carboxylic acids is 1. The number of allylic oxidation sites excluding steroid dienone is 2. The van der Waals surface area contributed by atoms with Crippen LogP contribution < -0.4 is 0 Å². The molecule has 5 nitrogen and oxygen atoms in total. The van der Waals surface area contributed by atoms with E-state index in [2.05, 4.69) is 0 Å². The second kappa shape index (κ2) is 4.91. The molecular weight excluding hydrogens is 278 g/mol. The number of imide groups is 1. The van der Waals surface area contributed by atoms with Gasteiger partial charge in [0.1, 0.15) is 6.04 Å². The van der Waals surface area contributed by atoms with Crippen LogP contribution in [0.1, 0.15) is 12.8 Å². The highest BCUT2D eigenvalue weighted by molar-refractivity contribution is 7.98. The highest BCUT2D eigenvalue weighted by Gasteiger charge is 2.61. The van der Waals surface area contributed by atoms with Crippen molar-refractivity contribution in [3.63, 3.8) is 0 Å². The second-order valence-electron chi connectivity index (χ2n) is 5.68. The third-order valence-corrected chi connectivity index (χ3v) is 5.34. The molecule has 1 aliphatic heterocycles. The third-order valence-electron chi connectivity index (χ3n) is 4.70. The van der Waals surface area contributed by atoms with Crippen LogP contribution in [-0.2, 0) is 14.4 Å². The van der Waals surface area contributed by atoms with E-state index in [0.717, 1.165) is 11.3 Å². The van der Waals surface area contributed by atoms with Gasteiger partial charge in [0.25, 0.3) is 0 Å². The van der Waals surface area contributed by atoms with Gasteiger partial charge in [-0.2, -0.15) is 11.8 Å². The maximum atomic E-state index is 12.5. The molecule has 5 atom stereocenters. The summed E-state index contributed by atoms with van der Waals surface area (Å²) in [6, 6.07) is -1.01. The van der Waals surface area contributed by atoms with Crippen LogP contribution in [0, 0.1) is 23.7 Å². The van der Waals surface area contributed by atoms with Crippen molar-refractivity contribution >= 4 is 29.5 Å². The van der Waals surface area contributed by atoms with Crippen molar-refractivity contribution in [2.24, 2.45) is 23.7 Å². The van der Waals surface area contributed by atoms with Gasteiger partial charge in [-0.05, 0) is 36.7 Å². The van der Waals surface area contributed by atoms with Crippen LogP contribution in [0.25, 0.3) is 0 Å². The second-order valence-corrected chi connectivity index (χ2v) is 6.67. The van der Waals surface area contributed by atoms with Crippen LogP contribution >= 0.6 is 11.8 Å². The summed E-state index contributed by atoms with van der Waals surface area (Å²) in [5.41, 5.74) is 0. The lowest BCUT2D eigenvalue weighted by atomic mass is 9.85. The van der Waals surface area contributed by atoms with Crippen molar-refractivity contribution in [2.75, 3.05) is 12.0 Å². The van der Waals surface area contributed by atoms with Gasteiger partial charge in [-0.25, -0.2) is 4.79 Å². The van der Waals surface area contributed by atoms with Crippen LogP contribution in [0.15, 0.2) is 12.2 Å². The molecule has 0 aromatic heterocycles. The van der Waals surface area contributed by atoms with Gasteiger partial charge in [0.05, 0.1) is 11.8 Å². The first-order valence-electron chi connectivity index (χ1n) is 6.83. The van der Waals surface area contributed by atoms with E-state index < -0.39 is 12.0 Å². The van der Waals surface area contributed by atoms with Gasteiger partial charge in [0.15, 0.2) is 0 Å². The number of likely N-dealkylation sites (tertiary alicyclic amines) is 1. The summed E-state index contributed by atoms with van der Waals surface area (Å²) < 4.78 is 0. The highest BCUT2D eigenvalue weighted by atomic mass is 32.2. The fraction of sp³-hybridized carbons (Fsp3) is 0.643. The Morgan fingerprint density at radius 2 is 1.90 bits per heavy atom. The molecule has 1 N–H and O–H groups in total. The maximum absolute atomic E-state index is 12.5. The molecule has 2 amide bonds. The predicted molar refractivity (Wildman–Crippen MR) is 74.0 cm³/mol. The quantitative estimate of drug-likeness (QED) is 0.605. The fourth-order valence-electron chi connectivity index (χ4n) is 3.83. The Kier molecular flexibility index (Phi) is 3.36. The van der Waals surface area contributed by atoms with E-state index in [1.807, 2.05) is 18.4 Å². The summed E-state index contributed by atoms with van der Waals surface area (Å²) in [5, 5.41) is 9.34. The molecule has 1 heterocycles. The van der Waals surface area contributed by atoms with Crippen molar-refractivity contribution in [3.05, 3.63) is 12.2 Å². The Morgan fingerprint density at radius 1 is 1.35 bits per heavy atom. The van der Waals surface area contributed by atoms with Crippen LogP contribution in [0.5, 0.6) is 0 Å². The lowest BCUT2D eigenvalue weighted by molar-refractivity contribution is -0.155. The predicted octanol–water partition coefficient (Wildman–Crippen LogP) is 1.000. The molecule has 0 aromatic rings. The number of rotatable bonds is 5. The van der Waals surface area contributed by atoms with Crippen molar-refractivity contribution in [1.29, 1.82) is 0 Å². The van der Waals surface area contributed by atoms with Gasteiger partial charge in [-0.3, -0.25) is 14.5 Å². The number of carboxylic acid groups (broad SMARTS) is 1. The molecule has 0 spiro atoms. The molecule has 1 saturated heterocycles. The van der Waals surface area contributed by atoms with Gasteiger partial charge in [0.2, 0.25) is 11.8 Å². The molecule has 0 aromatic carbocycles. The van der Waals surface area contributed by atoms with Gasteiger partial charge < -0.3 is 5.11 Å². The first-order valence-corrected chi connectivity index (χ1v) is 8.22. The van der Waals surface area contributed by atoms with E-state index in [1.54, 1.807) is 0 Å². The monoisotopic (exact) mass is 295 g/mol. The van der Waals surface area contributed by atoms with E-state index in [0.29, 0.717) is 12.2 Å². The lowest BCUT2D eigenvalue weighted by Gasteiger charge is -2.24. The number of amides is 2. The number of fused-ring (bicyclic) bond motifs is 5.